The summed E-state index contributed by atoms with van der Waals surface area (Å²) in [7, 11) is 0. The van der Waals surface area contributed by atoms with E-state index in [4.69, 9.17) is 0 Å². The van der Waals surface area contributed by atoms with Gasteiger partial charge < -0.3 is 10.2 Å². The predicted octanol–water partition coefficient (Wildman–Crippen LogP) is 1.88. The zero-order valence-electron chi connectivity index (χ0n) is 8.18. The molecule has 0 aliphatic heterocycles. The van der Waals surface area contributed by atoms with E-state index >= 15 is 0 Å². The molecule has 0 aromatic heterocycles. The third-order valence-electron chi connectivity index (χ3n) is 2.47. The zero-order chi connectivity index (χ0) is 11.7. The van der Waals surface area contributed by atoms with Crippen molar-refractivity contribution in [2.24, 2.45) is 0 Å². The molecule has 4 heteroatoms. The summed E-state index contributed by atoms with van der Waals surface area (Å²) in [4.78, 5) is 21.6. The van der Waals surface area contributed by atoms with E-state index < -0.39 is 0 Å². The summed E-state index contributed by atoms with van der Waals surface area (Å²) in [6, 6.07) is 5.61. The van der Waals surface area contributed by atoms with Crippen molar-refractivity contribution in [3.05, 3.63) is 35.4 Å². The third kappa shape index (κ3) is 1.32. The summed E-state index contributed by atoms with van der Waals surface area (Å²) in [6.07, 6.45) is 1.03. The molecular weight excluding hydrogens is 208 g/mol. The number of carbonyl (C=O) groups excluding carboxylic acids is 2. The highest BCUT2D eigenvalue weighted by Gasteiger charge is 2.11. The molecule has 0 atom stereocenters. The molecule has 0 bridgehead atoms. The fourth-order valence-electron chi connectivity index (χ4n) is 1.68. The van der Waals surface area contributed by atoms with Gasteiger partial charge in [-0.3, -0.25) is 9.59 Å². The Morgan fingerprint density at radius 2 is 1.12 bits per heavy atom. The minimum absolute atomic E-state index is 0.112. The first kappa shape index (κ1) is 10.2. The SMILES string of the molecule is O=Cc1c(O)ccc2c(C=O)c(O)ccc12. The first-order valence-electron chi connectivity index (χ1n) is 4.57. The van der Waals surface area contributed by atoms with Gasteiger partial charge in [0, 0.05) is 0 Å². The van der Waals surface area contributed by atoms with Gasteiger partial charge in [-0.15, -0.1) is 0 Å². The molecule has 0 saturated carbocycles. The molecule has 2 N–H and O–H groups in total. The van der Waals surface area contributed by atoms with Crippen molar-refractivity contribution in [2.75, 3.05) is 0 Å². The van der Waals surface area contributed by atoms with Crippen molar-refractivity contribution in [1.82, 2.24) is 0 Å². The number of rotatable bonds is 2. The van der Waals surface area contributed by atoms with Gasteiger partial charge in [-0.05, 0) is 35.0 Å². The Hall–Kier alpha value is -2.36. The van der Waals surface area contributed by atoms with Crippen molar-refractivity contribution in [3.8, 4) is 11.5 Å². The lowest BCUT2D eigenvalue weighted by Gasteiger charge is -2.06. The average molecular weight is 216 g/mol. The Labute approximate surface area is 90.8 Å². The molecule has 2 aromatic carbocycles. The zero-order valence-corrected chi connectivity index (χ0v) is 8.18. The van der Waals surface area contributed by atoms with Crippen LogP contribution in [0.2, 0.25) is 0 Å². The number of phenols is 2. The topological polar surface area (TPSA) is 74.6 Å². The maximum Gasteiger partial charge on any atom is 0.154 e. The monoisotopic (exact) mass is 216 g/mol. The van der Waals surface area contributed by atoms with Crippen LogP contribution in [0.4, 0.5) is 0 Å². The van der Waals surface area contributed by atoms with Crippen LogP contribution < -0.4 is 0 Å². The second-order valence-electron chi connectivity index (χ2n) is 3.33. The first-order valence-corrected chi connectivity index (χ1v) is 4.57. The molecular formula is C12H8O4. The third-order valence-corrected chi connectivity index (χ3v) is 2.47. The second-order valence-corrected chi connectivity index (χ2v) is 3.33. The molecule has 0 unspecified atom stereocenters. The largest absolute Gasteiger partial charge is 0.507 e. The fourth-order valence-corrected chi connectivity index (χ4v) is 1.68. The van der Waals surface area contributed by atoms with E-state index in [1.165, 1.54) is 24.3 Å². The lowest BCUT2D eigenvalue weighted by Crippen LogP contribution is -1.90. The summed E-state index contributed by atoms with van der Waals surface area (Å²) in [5.74, 6) is -0.296. The van der Waals surface area contributed by atoms with Crippen molar-refractivity contribution in [1.29, 1.82) is 0 Å². The summed E-state index contributed by atoms with van der Waals surface area (Å²) in [5.41, 5.74) is 0.223. The van der Waals surface area contributed by atoms with E-state index in [0.29, 0.717) is 23.3 Å². The average Bonchev–Trinajstić information content (AvgIpc) is 2.29. The van der Waals surface area contributed by atoms with Crippen LogP contribution in [0.25, 0.3) is 10.8 Å². The van der Waals surface area contributed by atoms with Crippen LogP contribution in [0, 0.1) is 0 Å². The van der Waals surface area contributed by atoms with Gasteiger partial charge in [-0.2, -0.15) is 0 Å². The van der Waals surface area contributed by atoms with Crippen molar-refractivity contribution in [2.45, 2.75) is 0 Å². The minimum Gasteiger partial charge on any atom is -0.507 e. The second kappa shape index (κ2) is 3.66. The van der Waals surface area contributed by atoms with Gasteiger partial charge in [-0.25, -0.2) is 0 Å². The Balaban J connectivity index is 2.97. The number of fused-ring (bicyclic) bond motifs is 1. The molecule has 0 fully saturated rings. The Morgan fingerprint density at radius 1 is 0.750 bits per heavy atom. The molecule has 0 radical (unpaired) electrons. The first-order chi connectivity index (χ1) is 7.69. The highest BCUT2D eigenvalue weighted by atomic mass is 16.3. The number of benzene rings is 2. The van der Waals surface area contributed by atoms with Gasteiger partial charge in [0.05, 0.1) is 11.1 Å². The van der Waals surface area contributed by atoms with Crippen LogP contribution in [0.1, 0.15) is 20.7 Å². The molecule has 2 rings (SSSR count). The molecule has 0 spiro atoms. The Bertz CT molecular complexity index is 534. The molecule has 0 heterocycles. The summed E-state index contributed by atoms with van der Waals surface area (Å²) < 4.78 is 0. The molecule has 80 valence electrons. The van der Waals surface area contributed by atoms with Gasteiger partial charge in [0.2, 0.25) is 0 Å². The molecule has 0 aliphatic carbocycles. The van der Waals surface area contributed by atoms with Crippen LogP contribution in [-0.4, -0.2) is 22.8 Å². The van der Waals surface area contributed by atoms with E-state index in [-0.39, 0.29) is 22.6 Å². The van der Waals surface area contributed by atoms with Crippen LogP contribution in [0.15, 0.2) is 24.3 Å². The quantitative estimate of drug-likeness (QED) is 0.751. The summed E-state index contributed by atoms with van der Waals surface area (Å²) in [6.45, 7) is 0. The number of phenolic OH excluding ortho intramolecular Hbond substituents is 2. The number of carbonyl (C=O) groups is 2. The maximum absolute atomic E-state index is 10.8. The molecule has 4 nitrogen and oxygen atoms in total. The number of aldehydes is 2. The lowest BCUT2D eigenvalue weighted by molar-refractivity contribution is 0.111. The highest BCUT2D eigenvalue weighted by molar-refractivity contribution is 6.08. The maximum atomic E-state index is 10.8. The van der Waals surface area contributed by atoms with E-state index in [1.54, 1.807) is 0 Å². The highest BCUT2D eigenvalue weighted by Crippen LogP contribution is 2.31. The molecule has 0 amide bonds. The van der Waals surface area contributed by atoms with Crippen molar-refractivity contribution in [3.63, 3.8) is 0 Å². The van der Waals surface area contributed by atoms with Gasteiger partial charge >= 0.3 is 0 Å². The van der Waals surface area contributed by atoms with E-state index in [0.717, 1.165) is 0 Å². The van der Waals surface area contributed by atoms with Crippen LogP contribution in [-0.2, 0) is 0 Å². The molecule has 0 aliphatic rings. The lowest BCUT2D eigenvalue weighted by atomic mass is 10.00. The predicted molar refractivity (Wildman–Crippen MR) is 58.1 cm³/mol. The van der Waals surface area contributed by atoms with Gasteiger partial charge in [0.1, 0.15) is 11.5 Å². The van der Waals surface area contributed by atoms with Crippen molar-refractivity contribution < 1.29 is 19.8 Å². The van der Waals surface area contributed by atoms with E-state index in [1.807, 2.05) is 0 Å². The van der Waals surface area contributed by atoms with Gasteiger partial charge in [0.25, 0.3) is 0 Å². The van der Waals surface area contributed by atoms with Crippen molar-refractivity contribution >= 4 is 23.3 Å². The standard InChI is InChI=1S/C12H8O4/c13-5-9-7-1-3-11(15)10(6-14)8(7)2-4-12(9)16/h1-6,15-16H. The number of aromatic hydroxyl groups is 2. The molecule has 0 saturated heterocycles. The molecule has 2 aromatic rings. The van der Waals surface area contributed by atoms with Gasteiger partial charge in [0.15, 0.2) is 12.6 Å². The summed E-state index contributed by atoms with van der Waals surface area (Å²) in [5, 5.41) is 19.8. The number of hydrogen-bond donors (Lipinski definition) is 2. The molecule has 16 heavy (non-hydrogen) atoms. The van der Waals surface area contributed by atoms with Crippen LogP contribution in [0.3, 0.4) is 0 Å². The normalized spacial score (nSPS) is 10.2. The summed E-state index contributed by atoms with van der Waals surface area (Å²) >= 11 is 0. The van der Waals surface area contributed by atoms with Crippen LogP contribution >= 0.6 is 0 Å². The minimum atomic E-state index is -0.148. The Kier molecular flexibility index (Phi) is 2.32. The number of hydrogen-bond acceptors (Lipinski definition) is 4. The van der Waals surface area contributed by atoms with Gasteiger partial charge in [-0.1, -0.05) is 0 Å². The fraction of sp³-hybridized carbons (Fsp3) is 0. The van der Waals surface area contributed by atoms with E-state index in [2.05, 4.69) is 0 Å². The van der Waals surface area contributed by atoms with Crippen LogP contribution in [0.5, 0.6) is 11.5 Å². The van der Waals surface area contributed by atoms with E-state index in [9.17, 15) is 19.8 Å². The smallest absolute Gasteiger partial charge is 0.154 e. The Morgan fingerprint density at radius 3 is 1.44 bits per heavy atom.